The molecule has 10 nitrogen and oxygen atoms in total. The van der Waals surface area contributed by atoms with Crippen LogP contribution in [0.4, 0.5) is 4.79 Å². The maximum atomic E-state index is 12.4. The summed E-state index contributed by atoms with van der Waals surface area (Å²) in [5, 5.41) is 25.7. The van der Waals surface area contributed by atoms with Crippen LogP contribution < -0.4 is 26.6 Å². The average molecular weight is 398 g/mol. The van der Waals surface area contributed by atoms with Crippen LogP contribution >= 0.6 is 0 Å². The second-order valence-corrected chi connectivity index (χ2v) is 8.18. The number of ether oxygens (including phenoxy) is 2. The molecule has 1 aliphatic carbocycles. The van der Waals surface area contributed by atoms with Crippen molar-refractivity contribution in [2.75, 3.05) is 26.9 Å². The first-order valence-electron chi connectivity index (χ1n) is 10.3. The molecular formula is C17H35BN6O4. The molecule has 2 heterocycles. The fourth-order valence-electron chi connectivity index (χ4n) is 4.02. The molecule has 3 fully saturated rings. The minimum Gasteiger partial charge on any atom is -0.437 e. The SMILES string of the molecule is CB(O)N(C)CCNC1CC(C)NC(NC(=O)NC2CCC3OCOC3C2)N1. The van der Waals surface area contributed by atoms with E-state index < -0.39 is 7.05 Å². The molecule has 3 aliphatic rings. The molecule has 160 valence electrons. The molecule has 0 aromatic carbocycles. The minimum absolute atomic E-state index is 0.0865. The van der Waals surface area contributed by atoms with Crippen LogP contribution in [0.5, 0.6) is 0 Å². The topological polar surface area (TPSA) is 119 Å². The summed E-state index contributed by atoms with van der Waals surface area (Å²) in [6, 6.07) is 0.181. The van der Waals surface area contributed by atoms with Crippen molar-refractivity contribution < 1.29 is 19.3 Å². The number of likely N-dealkylation sites (N-methyl/N-ethyl adjacent to an activating group) is 1. The number of amides is 2. The van der Waals surface area contributed by atoms with Crippen LogP contribution in [0.2, 0.25) is 6.82 Å². The zero-order valence-electron chi connectivity index (χ0n) is 17.1. The van der Waals surface area contributed by atoms with Gasteiger partial charge in [-0.1, -0.05) is 0 Å². The predicted molar refractivity (Wildman–Crippen MR) is 106 cm³/mol. The van der Waals surface area contributed by atoms with Crippen molar-refractivity contribution in [1.29, 1.82) is 0 Å². The van der Waals surface area contributed by atoms with E-state index in [1.54, 1.807) is 6.82 Å². The summed E-state index contributed by atoms with van der Waals surface area (Å²) in [5.41, 5.74) is 0. The quantitative estimate of drug-likeness (QED) is 0.296. The largest absolute Gasteiger partial charge is 0.437 e. The van der Waals surface area contributed by atoms with Gasteiger partial charge in [0.2, 0.25) is 0 Å². The van der Waals surface area contributed by atoms with Crippen molar-refractivity contribution in [2.24, 2.45) is 0 Å². The molecule has 6 N–H and O–H groups in total. The Morgan fingerprint density at radius 1 is 1.21 bits per heavy atom. The summed E-state index contributed by atoms with van der Waals surface area (Å²) in [6.45, 7) is 5.71. The van der Waals surface area contributed by atoms with E-state index in [1.807, 2.05) is 11.9 Å². The van der Waals surface area contributed by atoms with Gasteiger partial charge in [-0.3, -0.25) is 10.6 Å². The van der Waals surface area contributed by atoms with Gasteiger partial charge in [-0.2, -0.15) is 0 Å². The summed E-state index contributed by atoms with van der Waals surface area (Å²) in [7, 11) is 1.42. The molecule has 0 aromatic heterocycles. The highest BCUT2D eigenvalue weighted by atomic mass is 16.7. The van der Waals surface area contributed by atoms with Crippen molar-refractivity contribution >= 4 is 13.1 Å². The minimum atomic E-state index is -0.462. The summed E-state index contributed by atoms with van der Waals surface area (Å²) < 4.78 is 11.1. The number of carbonyl (C=O) groups is 1. The van der Waals surface area contributed by atoms with Crippen LogP contribution in [-0.4, -0.2) is 86.6 Å². The molecule has 2 aliphatic heterocycles. The molecule has 2 amide bonds. The third-order valence-corrected chi connectivity index (χ3v) is 5.81. The Bertz CT molecular complexity index is 516. The second-order valence-electron chi connectivity index (χ2n) is 8.18. The van der Waals surface area contributed by atoms with Gasteiger partial charge in [0.15, 0.2) is 0 Å². The average Bonchev–Trinajstić information content (AvgIpc) is 3.08. The summed E-state index contributed by atoms with van der Waals surface area (Å²) in [4.78, 5) is 14.3. The van der Waals surface area contributed by atoms with Crippen LogP contribution in [0.15, 0.2) is 0 Å². The van der Waals surface area contributed by atoms with Crippen molar-refractivity contribution in [3.05, 3.63) is 0 Å². The summed E-state index contributed by atoms with van der Waals surface area (Å²) >= 11 is 0. The van der Waals surface area contributed by atoms with E-state index in [-0.39, 0.29) is 42.8 Å². The first-order chi connectivity index (χ1) is 13.4. The molecule has 11 heteroatoms. The second kappa shape index (κ2) is 10.2. The molecular weight excluding hydrogens is 363 g/mol. The molecule has 6 unspecified atom stereocenters. The molecule has 2 saturated heterocycles. The van der Waals surface area contributed by atoms with Crippen molar-refractivity contribution in [2.45, 2.75) is 76.2 Å². The third kappa shape index (κ3) is 6.28. The van der Waals surface area contributed by atoms with E-state index in [1.165, 1.54) is 0 Å². The maximum Gasteiger partial charge on any atom is 0.376 e. The van der Waals surface area contributed by atoms with E-state index in [0.29, 0.717) is 6.79 Å². The fraction of sp³-hybridized carbons (Fsp3) is 0.941. The van der Waals surface area contributed by atoms with Gasteiger partial charge in [-0.25, -0.2) is 4.79 Å². The Hall–Kier alpha value is -0.945. The highest BCUT2D eigenvalue weighted by molar-refractivity contribution is 6.45. The van der Waals surface area contributed by atoms with Crippen molar-refractivity contribution in [1.82, 2.24) is 31.4 Å². The highest BCUT2D eigenvalue weighted by Crippen LogP contribution is 2.28. The van der Waals surface area contributed by atoms with Gasteiger partial charge in [0.05, 0.1) is 18.4 Å². The fourth-order valence-corrected chi connectivity index (χ4v) is 4.02. The lowest BCUT2D eigenvalue weighted by molar-refractivity contribution is 0.0393. The summed E-state index contributed by atoms with van der Waals surface area (Å²) in [6.07, 6.45) is 3.57. The van der Waals surface area contributed by atoms with Gasteiger partial charge in [0, 0.05) is 25.2 Å². The molecule has 3 rings (SSSR count). The Balaban J connectivity index is 1.38. The van der Waals surface area contributed by atoms with Gasteiger partial charge in [-0.15, -0.1) is 0 Å². The number of carbonyl (C=O) groups excluding carboxylic acids is 1. The zero-order chi connectivity index (χ0) is 20.1. The molecule has 1 saturated carbocycles. The van der Waals surface area contributed by atoms with E-state index in [9.17, 15) is 9.82 Å². The Labute approximate surface area is 167 Å². The normalized spacial score (nSPS) is 35.5. The Morgan fingerprint density at radius 3 is 2.79 bits per heavy atom. The van der Waals surface area contributed by atoms with Gasteiger partial charge in [0.1, 0.15) is 13.1 Å². The standard InChI is InChI=1S/C17H35BN6O4/c1-11-8-15(19-6-7-24(3)18(2)26)22-16(20-11)23-17(25)21-12-4-5-13-14(9-12)28-10-27-13/h11-16,19-20,22,26H,4-10H2,1-3H3,(H2,21,23,25). The molecule has 0 bridgehead atoms. The van der Waals surface area contributed by atoms with E-state index in [4.69, 9.17) is 9.47 Å². The van der Waals surface area contributed by atoms with Crippen LogP contribution in [0.3, 0.4) is 0 Å². The van der Waals surface area contributed by atoms with Gasteiger partial charge < -0.3 is 35.3 Å². The van der Waals surface area contributed by atoms with Crippen LogP contribution in [0.1, 0.15) is 32.6 Å². The number of hydrogen-bond donors (Lipinski definition) is 6. The third-order valence-electron chi connectivity index (χ3n) is 5.81. The molecule has 0 radical (unpaired) electrons. The zero-order valence-corrected chi connectivity index (χ0v) is 17.1. The van der Waals surface area contributed by atoms with Gasteiger partial charge in [0.25, 0.3) is 0 Å². The number of rotatable bonds is 7. The monoisotopic (exact) mass is 398 g/mol. The van der Waals surface area contributed by atoms with Crippen molar-refractivity contribution in [3.63, 3.8) is 0 Å². The summed E-state index contributed by atoms with van der Waals surface area (Å²) in [5.74, 6) is 0. The van der Waals surface area contributed by atoms with Crippen molar-refractivity contribution in [3.8, 4) is 0 Å². The lowest BCUT2D eigenvalue weighted by Crippen LogP contribution is -2.68. The van der Waals surface area contributed by atoms with Crippen LogP contribution in [-0.2, 0) is 9.47 Å². The number of urea groups is 1. The highest BCUT2D eigenvalue weighted by Gasteiger charge is 2.36. The van der Waals surface area contributed by atoms with E-state index in [0.717, 1.165) is 38.8 Å². The van der Waals surface area contributed by atoms with E-state index in [2.05, 4.69) is 33.5 Å². The lowest BCUT2D eigenvalue weighted by Gasteiger charge is -2.37. The smallest absolute Gasteiger partial charge is 0.376 e. The van der Waals surface area contributed by atoms with Gasteiger partial charge in [-0.05, 0) is 46.5 Å². The molecule has 0 aromatic rings. The molecule has 0 spiro atoms. The Morgan fingerprint density at radius 2 is 2.00 bits per heavy atom. The predicted octanol–water partition coefficient (Wildman–Crippen LogP) is -1.21. The first kappa shape index (κ1) is 21.8. The van der Waals surface area contributed by atoms with Crippen LogP contribution in [0.25, 0.3) is 0 Å². The maximum absolute atomic E-state index is 12.4. The number of nitrogens with one attached hydrogen (secondary N) is 5. The van der Waals surface area contributed by atoms with E-state index >= 15 is 0 Å². The number of nitrogens with zero attached hydrogens (tertiary/aromatic N) is 1. The molecule has 28 heavy (non-hydrogen) atoms. The van der Waals surface area contributed by atoms with Crippen LogP contribution in [0, 0.1) is 0 Å². The van der Waals surface area contributed by atoms with Gasteiger partial charge >= 0.3 is 13.1 Å². The number of fused-ring (bicyclic) bond motifs is 1. The number of hydrogen-bond acceptors (Lipinski definition) is 8. The molecule has 6 atom stereocenters. The first-order valence-corrected chi connectivity index (χ1v) is 10.3. The Kier molecular flexibility index (Phi) is 7.92. The lowest BCUT2D eigenvalue weighted by atomic mass is 9.86.